The maximum Gasteiger partial charge on any atom is 0.188 e. The zero-order valence-electron chi connectivity index (χ0n) is 26.1. The van der Waals surface area contributed by atoms with Crippen LogP contribution in [-0.4, -0.2) is 12.6 Å². The van der Waals surface area contributed by atoms with E-state index >= 15 is 0 Å². The minimum atomic E-state index is -2.90. The number of fused-ring (bicyclic) bond motifs is 3. The van der Waals surface area contributed by atoms with Gasteiger partial charge in [0.1, 0.15) is 0 Å². The molecule has 0 saturated heterocycles. The van der Waals surface area contributed by atoms with Crippen LogP contribution in [0.4, 0.5) is 5.69 Å². The van der Waals surface area contributed by atoms with Crippen molar-refractivity contribution in [3.05, 3.63) is 193 Å². The Bertz CT molecular complexity index is 2480. The molecule has 0 atom stereocenters. The van der Waals surface area contributed by atoms with Crippen molar-refractivity contribution in [1.29, 1.82) is 5.26 Å². The highest BCUT2D eigenvalue weighted by molar-refractivity contribution is 7.20. The molecule has 48 heavy (non-hydrogen) atoms. The molecular formula is C44H29N3Si. The Kier molecular flexibility index (Phi) is 7.27. The average Bonchev–Trinajstić information content (AvgIpc) is 3.50. The molecule has 4 heteroatoms. The van der Waals surface area contributed by atoms with Crippen LogP contribution < -0.4 is 20.7 Å². The lowest BCUT2D eigenvalue weighted by Gasteiger charge is -2.35. The summed E-state index contributed by atoms with van der Waals surface area (Å²) in [7, 11) is -2.90. The molecule has 3 nitrogen and oxygen atoms in total. The molecule has 0 spiro atoms. The lowest BCUT2D eigenvalue weighted by Crippen LogP contribution is -2.75. The molecular weight excluding hydrogens is 599 g/mol. The van der Waals surface area contributed by atoms with Crippen molar-refractivity contribution >= 4 is 56.3 Å². The minimum absolute atomic E-state index is 0.642. The monoisotopic (exact) mass is 627 g/mol. The lowest BCUT2D eigenvalue weighted by atomic mass is 10.1. The summed E-state index contributed by atoms with van der Waals surface area (Å²) in [5.41, 5.74) is 6.86. The molecule has 0 N–H and O–H groups in total. The Morgan fingerprint density at radius 2 is 1.15 bits per heavy atom. The lowest BCUT2D eigenvalue weighted by molar-refractivity contribution is 1.18. The van der Waals surface area contributed by atoms with E-state index in [2.05, 4.69) is 167 Å². The van der Waals surface area contributed by atoms with Crippen molar-refractivity contribution in [2.45, 2.75) is 0 Å². The molecule has 0 saturated carbocycles. The first-order valence-corrected chi connectivity index (χ1v) is 17.9. The van der Waals surface area contributed by atoms with Gasteiger partial charge in [0.05, 0.1) is 29.2 Å². The molecule has 1 aromatic heterocycles. The SMILES string of the molecule is [C-]#[N+]c1ccc2c(c1)c1ccccc1n2-c1ccc(-c2cccc([Si](c3ccccc3)(c3ccccc3)c3ccccc3C#N)c2)cc1. The number of hydrogen-bond donors (Lipinski definition) is 0. The molecule has 0 amide bonds. The van der Waals surface area contributed by atoms with E-state index in [-0.39, 0.29) is 0 Å². The number of rotatable bonds is 6. The van der Waals surface area contributed by atoms with Gasteiger partial charge >= 0.3 is 0 Å². The second-order valence-electron chi connectivity index (χ2n) is 11.9. The van der Waals surface area contributed by atoms with Gasteiger partial charge in [-0.3, -0.25) is 0 Å². The Balaban J connectivity index is 1.30. The third kappa shape index (κ3) is 4.64. The molecule has 8 aromatic rings. The summed E-state index contributed by atoms with van der Waals surface area (Å²) in [6.07, 6.45) is 0. The number of aromatic nitrogens is 1. The highest BCUT2D eigenvalue weighted by Crippen LogP contribution is 2.35. The molecule has 224 valence electrons. The van der Waals surface area contributed by atoms with Crippen molar-refractivity contribution in [3.63, 3.8) is 0 Å². The number of hydrogen-bond acceptors (Lipinski definition) is 1. The topological polar surface area (TPSA) is 33.1 Å². The van der Waals surface area contributed by atoms with Gasteiger partial charge in [-0.1, -0.05) is 140 Å². The fraction of sp³-hybridized carbons (Fsp3) is 0. The van der Waals surface area contributed by atoms with Crippen molar-refractivity contribution in [1.82, 2.24) is 4.57 Å². The predicted molar refractivity (Wildman–Crippen MR) is 201 cm³/mol. The molecule has 0 aliphatic rings. The third-order valence-electron chi connectivity index (χ3n) is 9.40. The highest BCUT2D eigenvalue weighted by Gasteiger charge is 2.43. The van der Waals surface area contributed by atoms with E-state index in [1.807, 2.05) is 24.3 Å². The standard InChI is InChI=1S/C44H29N3Si/c1-46-35-25-28-43-41(30-35)40-20-9-10-21-42(40)47(43)36-26-23-32(24-27-36)33-14-12-19-39(29-33)48(37-15-4-2-5-16-37,38-17-6-3-7-18-38)44-22-11-8-13-34(44)31-45/h2-30H. The number of nitrogens with zero attached hydrogens (tertiary/aromatic N) is 3. The first-order chi connectivity index (χ1) is 23.7. The maximum atomic E-state index is 10.4. The summed E-state index contributed by atoms with van der Waals surface area (Å²) in [6, 6.07) is 64.0. The van der Waals surface area contributed by atoms with Crippen LogP contribution >= 0.6 is 0 Å². The molecule has 0 aliphatic carbocycles. The fourth-order valence-corrected chi connectivity index (χ4v) is 12.2. The molecule has 0 bridgehead atoms. The predicted octanol–water partition coefficient (Wildman–Crippen LogP) is 8.25. The smallest absolute Gasteiger partial charge is 0.188 e. The van der Waals surface area contributed by atoms with Crippen molar-refractivity contribution in [2.75, 3.05) is 0 Å². The highest BCUT2D eigenvalue weighted by atomic mass is 28.3. The van der Waals surface area contributed by atoms with Gasteiger partial charge < -0.3 is 4.57 Å². The molecule has 7 aromatic carbocycles. The first kappa shape index (κ1) is 29.0. The van der Waals surface area contributed by atoms with E-state index in [1.54, 1.807) is 0 Å². The van der Waals surface area contributed by atoms with Crippen LogP contribution in [0.5, 0.6) is 0 Å². The van der Waals surface area contributed by atoms with Crippen molar-refractivity contribution in [2.24, 2.45) is 0 Å². The van der Waals surface area contributed by atoms with Crippen LogP contribution in [0.1, 0.15) is 5.56 Å². The Morgan fingerprint density at radius 3 is 1.85 bits per heavy atom. The summed E-state index contributed by atoms with van der Waals surface area (Å²) < 4.78 is 2.28. The summed E-state index contributed by atoms with van der Waals surface area (Å²) in [5, 5.41) is 17.4. The van der Waals surface area contributed by atoms with Crippen molar-refractivity contribution in [3.8, 4) is 22.9 Å². The van der Waals surface area contributed by atoms with Crippen LogP contribution in [0, 0.1) is 17.9 Å². The average molecular weight is 628 g/mol. The quantitative estimate of drug-likeness (QED) is 0.104. The minimum Gasteiger partial charge on any atom is -0.309 e. The van der Waals surface area contributed by atoms with Crippen LogP contribution in [0.3, 0.4) is 0 Å². The summed E-state index contributed by atoms with van der Waals surface area (Å²) >= 11 is 0. The van der Waals surface area contributed by atoms with Gasteiger partial charge in [0.15, 0.2) is 13.8 Å². The van der Waals surface area contributed by atoms with Gasteiger partial charge in [0, 0.05) is 11.1 Å². The van der Waals surface area contributed by atoms with E-state index in [0.717, 1.165) is 43.8 Å². The van der Waals surface area contributed by atoms with Gasteiger partial charge in [0.2, 0.25) is 0 Å². The second-order valence-corrected chi connectivity index (χ2v) is 15.7. The van der Waals surface area contributed by atoms with Crippen LogP contribution in [-0.2, 0) is 0 Å². The van der Waals surface area contributed by atoms with Crippen LogP contribution in [0.2, 0.25) is 0 Å². The van der Waals surface area contributed by atoms with E-state index in [9.17, 15) is 5.26 Å². The number of para-hydroxylation sites is 1. The zero-order valence-corrected chi connectivity index (χ0v) is 27.1. The molecule has 1 heterocycles. The largest absolute Gasteiger partial charge is 0.309 e. The molecule has 0 aliphatic heterocycles. The van der Waals surface area contributed by atoms with E-state index in [0.29, 0.717) is 11.3 Å². The van der Waals surface area contributed by atoms with E-state index in [1.165, 1.54) is 15.6 Å². The number of nitriles is 1. The van der Waals surface area contributed by atoms with Gasteiger partial charge in [-0.25, -0.2) is 4.85 Å². The summed E-state index contributed by atoms with van der Waals surface area (Å²) in [6.45, 7) is 7.53. The van der Waals surface area contributed by atoms with Crippen molar-refractivity contribution < 1.29 is 0 Å². The van der Waals surface area contributed by atoms with E-state index < -0.39 is 8.07 Å². The fourth-order valence-electron chi connectivity index (χ4n) is 7.29. The Morgan fingerprint density at radius 1 is 0.521 bits per heavy atom. The summed E-state index contributed by atoms with van der Waals surface area (Å²) in [5.74, 6) is 0. The van der Waals surface area contributed by atoms with Gasteiger partial charge in [-0.15, -0.1) is 0 Å². The summed E-state index contributed by atoms with van der Waals surface area (Å²) in [4.78, 5) is 3.67. The van der Waals surface area contributed by atoms with Crippen LogP contribution in [0.15, 0.2) is 176 Å². The third-order valence-corrected chi connectivity index (χ3v) is 14.2. The van der Waals surface area contributed by atoms with Gasteiger partial charge in [-0.2, -0.15) is 5.26 Å². The zero-order chi connectivity index (χ0) is 32.5. The normalized spacial score (nSPS) is 11.3. The second kappa shape index (κ2) is 12.0. The van der Waals surface area contributed by atoms with E-state index in [4.69, 9.17) is 6.57 Å². The van der Waals surface area contributed by atoms with Crippen LogP contribution in [0.25, 0.3) is 43.5 Å². The Hall–Kier alpha value is -6.46. The molecule has 0 unspecified atom stereocenters. The van der Waals surface area contributed by atoms with Gasteiger partial charge in [0.25, 0.3) is 0 Å². The first-order valence-electron chi connectivity index (χ1n) is 15.9. The Labute approximate surface area is 281 Å². The van der Waals surface area contributed by atoms with Gasteiger partial charge in [-0.05, 0) is 73.7 Å². The molecule has 0 fully saturated rings. The number of benzene rings is 7. The maximum absolute atomic E-state index is 10.4. The molecule has 0 radical (unpaired) electrons. The molecule has 8 rings (SSSR count).